The molecular weight excluding hydrogens is 476 g/mol. The normalized spacial score (nSPS) is 20.1. The van der Waals surface area contributed by atoms with Crippen LogP contribution in [0.25, 0.3) is 27.7 Å². The van der Waals surface area contributed by atoms with E-state index < -0.39 is 28.5 Å². The van der Waals surface area contributed by atoms with E-state index >= 15 is 0 Å². The fourth-order valence-corrected chi connectivity index (χ4v) is 5.61. The van der Waals surface area contributed by atoms with Gasteiger partial charge in [0.2, 0.25) is 0 Å². The van der Waals surface area contributed by atoms with Crippen molar-refractivity contribution in [2.75, 3.05) is 13.7 Å². The van der Waals surface area contributed by atoms with E-state index in [0.717, 1.165) is 48.3 Å². The number of nitriles is 1. The zero-order valence-electron chi connectivity index (χ0n) is 20.5. The Morgan fingerprint density at radius 1 is 1.16 bits per heavy atom. The summed E-state index contributed by atoms with van der Waals surface area (Å²) in [6, 6.07) is 9.39. The number of hydrogen-bond acceptors (Lipinski definition) is 6. The van der Waals surface area contributed by atoms with E-state index in [-0.39, 0.29) is 16.6 Å². The van der Waals surface area contributed by atoms with E-state index in [4.69, 9.17) is 9.72 Å². The summed E-state index contributed by atoms with van der Waals surface area (Å²) >= 11 is 0. The molecule has 0 amide bonds. The maximum atomic E-state index is 14.8. The van der Waals surface area contributed by atoms with Gasteiger partial charge in [-0.05, 0) is 62.9 Å². The van der Waals surface area contributed by atoms with Crippen LogP contribution >= 0.6 is 0 Å². The van der Waals surface area contributed by atoms with E-state index in [0.29, 0.717) is 22.8 Å². The fourth-order valence-electron chi connectivity index (χ4n) is 5.61. The van der Waals surface area contributed by atoms with Gasteiger partial charge in [-0.3, -0.25) is 14.3 Å². The quantitative estimate of drug-likeness (QED) is 0.447. The van der Waals surface area contributed by atoms with Gasteiger partial charge in [-0.25, -0.2) is 13.8 Å². The lowest BCUT2D eigenvalue weighted by atomic mass is 9.73. The molecule has 3 fully saturated rings. The number of halogens is 2. The molecule has 4 aromatic rings. The van der Waals surface area contributed by atoms with Crippen molar-refractivity contribution in [1.29, 1.82) is 5.26 Å². The molecule has 2 bridgehead atoms. The molecule has 1 saturated carbocycles. The summed E-state index contributed by atoms with van der Waals surface area (Å²) in [6.07, 6.45) is 3.23. The van der Waals surface area contributed by atoms with Crippen molar-refractivity contribution in [2.45, 2.75) is 32.2 Å². The van der Waals surface area contributed by atoms with Crippen LogP contribution in [-0.2, 0) is 5.54 Å². The minimum atomic E-state index is -0.925. The van der Waals surface area contributed by atoms with Gasteiger partial charge < -0.3 is 10.1 Å². The van der Waals surface area contributed by atoms with Gasteiger partial charge >= 0.3 is 0 Å². The number of nitrogens with zero attached hydrogens (tertiary/aromatic N) is 4. The highest BCUT2D eigenvalue weighted by atomic mass is 19.1. The summed E-state index contributed by atoms with van der Waals surface area (Å²) in [5, 5.41) is 13.4. The molecule has 0 radical (unpaired) electrons. The molecule has 2 saturated heterocycles. The summed E-state index contributed by atoms with van der Waals surface area (Å²) in [6.45, 7) is 4.63. The van der Waals surface area contributed by atoms with Crippen LogP contribution in [-0.4, -0.2) is 28.2 Å². The molecule has 0 atom stereocenters. The van der Waals surface area contributed by atoms with E-state index in [1.807, 2.05) is 19.9 Å². The first-order chi connectivity index (χ1) is 17.7. The van der Waals surface area contributed by atoms with Gasteiger partial charge in [-0.15, -0.1) is 0 Å². The maximum absolute atomic E-state index is 14.8. The Kier molecular flexibility index (Phi) is 5.14. The molecule has 4 heterocycles. The molecule has 2 aromatic carbocycles. The molecule has 2 aromatic heterocycles. The zero-order valence-corrected chi connectivity index (χ0v) is 20.5. The molecule has 0 spiro atoms. The van der Waals surface area contributed by atoms with Gasteiger partial charge in [-0.2, -0.15) is 5.26 Å². The van der Waals surface area contributed by atoms with Crippen LogP contribution in [0.3, 0.4) is 0 Å². The summed E-state index contributed by atoms with van der Waals surface area (Å²) < 4.78 is 35.6. The molecule has 186 valence electrons. The first kappa shape index (κ1) is 23.3. The molecule has 3 aliphatic rings. The van der Waals surface area contributed by atoms with Crippen LogP contribution in [0.2, 0.25) is 0 Å². The third-order valence-electron chi connectivity index (χ3n) is 7.63. The van der Waals surface area contributed by atoms with Crippen molar-refractivity contribution >= 4 is 10.9 Å². The van der Waals surface area contributed by atoms with Crippen LogP contribution in [0.4, 0.5) is 8.78 Å². The van der Waals surface area contributed by atoms with E-state index in [2.05, 4.69) is 16.4 Å². The molecule has 9 heteroatoms. The zero-order chi connectivity index (χ0) is 26.1. The Balaban J connectivity index is 1.71. The average molecular weight is 500 g/mol. The summed E-state index contributed by atoms with van der Waals surface area (Å²) in [7, 11) is 1.18. The number of ether oxygens (including phenoxy) is 1. The Morgan fingerprint density at radius 3 is 2.49 bits per heavy atom. The first-order valence-electron chi connectivity index (χ1n) is 12.0. The number of nitrogens with one attached hydrogen (secondary N) is 1. The van der Waals surface area contributed by atoms with E-state index in [1.165, 1.54) is 17.7 Å². The van der Waals surface area contributed by atoms with Crippen LogP contribution in [0.1, 0.15) is 35.5 Å². The SMILES string of the molecule is COc1c(F)cc(-n2c(C34CC(CN3)C4)nc3c(-c4cnc(C)c(C)c4)cc(C#N)cc3c2=O)cc1F. The van der Waals surface area contributed by atoms with Gasteiger partial charge in [0, 0.05) is 35.2 Å². The number of methoxy groups -OCH3 is 1. The molecule has 1 aliphatic carbocycles. The van der Waals surface area contributed by atoms with Crippen LogP contribution in [0, 0.1) is 42.7 Å². The van der Waals surface area contributed by atoms with Crippen LogP contribution < -0.4 is 15.6 Å². The largest absolute Gasteiger partial charge is 0.491 e. The maximum Gasteiger partial charge on any atom is 0.266 e. The summed E-state index contributed by atoms with van der Waals surface area (Å²) in [4.78, 5) is 23.6. The van der Waals surface area contributed by atoms with Crippen molar-refractivity contribution in [3.63, 3.8) is 0 Å². The van der Waals surface area contributed by atoms with E-state index in [9.17, 15) is 18.8 Å². The molecule has 7 nitrogen and oxygen atoms in total. The summed E-state index contributed by atoms with van der Waals surface area (Å²) in [5.74, 6) is -1.53. The molecular formula is C28H23F2N5O2. The molecule has 2 aliphatic heterocycles. The van der Waals surface area contributed by atoms with Crippen molar-refractivity contribution < 1.29 is 13.5 Å². The fraction of sp³-hybridized carbons (Fsp3) is 0.286. The topological polar surface area (TPSA) is 92.8 Å². The number of pyridine rings is 1. The average Bonchev–Trinajstić information content (AvgIpc) is 3.47. The lowest BCUT2D eigenvalue weighted by Crippen LogP contribution is -2.45. The van der Waals surface area contributed by atoms with Crippen molar-refractivity contribution in [3.05, 3.63) is 81.2 Å². The molecule has 0 unspecified atom stereocenters. The molecule has 1 N–H and O–H groups in total. The first-order valence-corrected chi connectivity index (χ1v) is 12.0. The predicted octanol–water partition coefficient (Wildman–Crippen LogP) is 4.43. The third kappa shape index (κ3) is 3.44. The predicted molar refractivity (Wildman–Crippen MR) is 134 cm³/mol. The van der Waals surface area contributed by atoms with Crippen molar-refractivity contribution in [1.82, 2.24) is 19.9 Å². The second-order valence-electron chi connectivity index (χ2n) is 9.91. The third-order valence-corrected chi connectivity index (χ3v) is 7.63. The molecule has 7 rings (SSSR count). The van der Waals surface area contributed by atoms with Gasteiger partial charge in [0.25, 0.3) is 5.56 Å². The standard InChI is InChI=1S/C28H23F2N5O2/c1-14-4-18(13-32-15(14)2)20-5-16(11-31)6-21-24(20)34-27(28-9-17(10-28)12-33-28)35(26(21)36)19-7-22(29)25(37-3)23(30)8-19/h4-8,13,17,33H,9-10,12H2,1-3H3. The summed E-state index contributed by atoms with van der Waals surface area (Å²) in [5.41, 5.74) is 2.77. The number of rotatable bonds is 4. The number of hydrogen-bond donors (Lipinski definition) is 1. The number of benzene rings is 2. The van der Waals surface area contributed by atoms with E-state index in [1.54, 1.807) is 12.3 Å². The van der Waals surface area contributed by atoms with Crippen LogP contribution in [0.15, 0.2) is 41.3 Å². The lowest BCUT2D eigenvalue weighted by Gasteiger charge is -2.38. The van der Waals surface area contributed by atoms with Gasteiger partial charge in [-0.1, -0.05) is 0 Å². The highest BCUT2D eigenvalue weighted by Gasteiger charge is 2.54. The molecule has 37 heavy (non-hydrogen) atoms. The van der Waals surface area contributed by atoms with Crippen LogP contribution in [0.5, 0.6) is 5.75 Å². The van der Waals surface area contributed by atoms with Crippen molar-refractivity contribution in [3.8, 4) is 28.6 Å². The smallest absolute Gasteiger partial charge is 0.266 e. The number of aromatic nitrogens is 3. The van der Waals surface area contributed by atoms with Crippen molar-refractivity contribution in [2.24, 2.45) is 5.92 Å². The lowest BCUT2D eigenvalue weighted by molar-refractivity contribution is 0.211. The van der Waals surface area contributed by atoms with Gasteiger partial charge in [0.05, 0.1) is 40.9 Å². The second-order valence-corrected chi connectivity index (χ2v) is 9.91. The minimum Gasteiger partial charge on any atom is -0.491 e. The second kappa shape index (κ2) is 8.18. The van der Waals surface area contributed by atoms with Gasteiger partial charge in [0.15, 0.2) is 17.4 Å². The Morgan fingerprint density at radius 2 is 1.89 bits per heavy atom. The minimum absolute atomic E-state index is 0.00785. The Bertz CT molecular complexity index is 1690. The highest BCUT2D eigenvalue weighted by molar-refractivity contribution is 5.94. The number of fused-ring (bicyclic) bond motifs is 2. The Hall–Kier alpha value is -4.16. The monoisotopic (exact) mass is 499 g/mol. The highest BCUT2D eigenvalue weighted by Crippen LogP contribution is 2.50. The van der Waals surface area contributed by atoms with Gasteiger partial charge in [0.1, 0.15) is 5.82 Å². The Labute approximate surface area is 211 Å². The number of aryl methyl sites for hydroxylation is 2.